The summed E-state index contributed by atoms with van der Waals surface area (Å²) in [6.45, 7) is 1.36. The zero-order chi connectivity index (χ0) is 14.6. The van der Waals surface area contributed by atoms with Gasteiger partial charge in [0.15, 0.2) is 28.4 Å². The first-order chi connectivity index (χ1) is 8.86. The normalized spacial score (nSPS) is 11.3. The fourth-order valence-electron chi connectivity index (χ4n) is 1.24. The first kappa shape index (κ1) is 15.7. The summed E-state index contributed by atoms with van der Waals surface area (Å²) in [7, 11) is 0. The number of carbonyl (C=O) groups is 1. The molecule has 0 saturated heterocycles. The molecule has 1 aromatic carbocycles. The monoisotopic (exact) mass is 296 g/mol. The Kier molecular flexibility index (Phi) is 5.53. The van der Waals surface area contributed by atoms with Gasteiger partial charge in [0.25, 0.3) is 0 Å². The van der Waals surface area contributed by atoms with Gasteiger partial charge in [-0.2, -0.15) is 0 Å². The highest BCUT2D eigenvalue weighted by atomic mass is 32.2. The van der Waals surface area contributed by atoms with Gasteiger partial charge in [0.1, 0.15) is 0 Å². The molecule has 0 aliphatic heterocycles. The molecule has 0 aliphatic carbocycles. The minimum Gasteiger partial charge on any atom is -0.288 e. The van der Waals surface area contributed by atoms with Gasteiger partial charge in [0.2, 0.25) is 5.82 Å². The van der Waals surface area contributed by atoms with Crippen LogP contribution in [-0.2, 0) is 4.79 Å². The van der Waals surface area contributed by atoms with Crippen molar-refractivity contribution in [3.8, 4) is 0 Å². The maximum absolute atomic E-state index is 13.2. The van der Waals surface area contributed by atoms with Crippen LogP contribution in [0, 0.1) is 29.1 Å². The number of hydrogen-bond acceptors (Lipinski definition) is 2. The standard InChI is InChI=1S/C12H9F5OS/c1-6(18)19-5-3-2-4-7-8(13)10(15)12(17)11(16)9(7)14/h2,4H,3,5H2,1H3. The minimum atomic E-state index is -2.18. The van der Waals surface area contributed by atoms with Gasteiger partial charge in [-0.25, -0.2) is 22.0 Å². The van der Waals surface area contributed by atoms with Crippen molar-refractivity contribution in [3.05, 3.63) is 40.7 Å². The summed E-state index contributed by atoms with van der Waals surface area (Å²) in [5.41, 5.74) is -0.982. The van der Waals surface area contributed by atoms with Crippen molar-refractivity contribution in [1.29, 1.82) is 0 Å². The van der Waals surface area contributed by atoms with Crippen LogP contribution in [0.25, 0.3) is 6.08 Å². The lowest BCUT2D eigenvalue weighted by atomic mass is 10.1. The molecule has 104 valence electrons. The number of rotatable bonds is 4. The van der Waals surface area contributed by atoms with E-state index in [1.807, 2.05) is 0 Å². The summed E-state index contributed by atoms with van der Waals surface area (Å²) in [5.74, 6) is -9.51. The molecule has 0 fully saturated rings. The molecule has 0 saturated carbocycles. The van der Waals surface area contributed by atoms with Crippen LogP contribution in [0.15, 0.2) is 6.08 Å². The van der Waals surface area contributed by atoms with E-state index < -0.39 is 34.6 Å². The molecule has 0 radical (unpaired) electrons. The Labute approximate surface area is 110 Å². The summed E-state index contributed by atoms with van der Waals surface area (Å²) in [6, 6.07) is 0. The third kappa shape index (κ3) is 3.79. The van der Waals surface area contributed by atoms with E-state index in [9.17, 15) is 26.7 Å². The first-order valence-corrected chi connectivity index (χ1v) is 6.16. The molecule has 0 aliphatic rings. The summed E-state index contributed by atoms with van der Waals surface area (Å²) in [6.07, 6.45) is 2.33. The number of thioether (sulfide) groups is 1. The Morgan fingerprint density at radius 2 is 1.47 bits per heavy atom. The molecule has 0 unspecified atom stereocenters. The first-order valence-electron chi connectivity index (χ1n) is 5.17. The molecule has 0 heterocycles. The maximum Gasteiger partial charge on any atom is 0.200 e. The largest absolute Gasteiger partial charge is 0.288 e. The molecule has 7 heteroatoms. The summed E-state index contributed by atoms with van der Waals surface area (Å²) < 4.78 is 64.8. The maximum atomic E-state index is 13.2. The van der Waals surface area contributed by atoms with Crippen molar-refractivity contribution in [2.45, 2.75) is 13.3 Å². The van der Waals surface area contributed by atoms with Crippen LogP contribution >= 0.6 is 11.8 Å². The lowest BCUT2D eigenvalue weighted by Gasteiger charge is -2.04. The summed E-state index contributed by atoms with van der Waals surface area (Å²) in [4.78, 5) is 10.6. The van der Waals surface area contributed by atoms with Gasteiger partial charge in [-0.15, -0.1) is 0 Å². The van der Waals surface area contributed by atoms with Crippen LogP contribution < -0.4 is 0 Å². The molecule has 1 nitrogen and oxygen atoms in total. The highest BCUT2D eigenvalue weighted by Gasteiger charge is 2.23. The number of carbonyl (C=O) groups excluding carboxylic acids is 1. The minimum absolute atomic E-state index is 0.121. The van der Waals surface area contributed by atoms with E-state index in [1.165, 1.54) is 13.0 Å². The lowest BCUT2D eigenvalue weighted by Crippen LogP contribution is -2.03. The zero-order valence-corrected chi connectivity index (χ0v) is 10.6. The second-order valence-electron chi connectivity index (χ2n) is 3.51. The Bertz CT molecular complexity index is 498. The van der Waals surface area contributed by atoms with Crippen molar-refractivity contribution in [3.63, 3.8) is 0 Å². The molecule has 0 bridgehead atoms. The third-order valence-corrected chi connectivity index (χ3v) is 2.96. The van der Waals surface area contributed by atoms with Gasteiger partial charge in [-0.1, -0.05) is 23.9 Å². The molecular formula is C12H9F5OS. The van der Waals surface area contributed by atoms with Crippen LogP contribution in [0.4, 0.5) is 22.0 Å². The SMILES string of the molecule is CC(=O)SCCC=Cc1c(F)c(F)c(F)c(F)c1F. The van der Waals surface area contributed by atoms with Crippen molar-refractivity contribution in [2.75, 3.05) is 5.75 Å². The second kappa shape index (κ2) is 6.70. The molecule has 0 N–H and O–H groups in total. The van der Waals surface area contributed by atoms with Gasteiger partial charge >= 0.3 is 0 Å². The van der Waals surface area contributed by atoms with Crippen molar-refractivity contribution in [1.82, 2.24) is 0 Å². The fraction of sp³-hybridized carbons (Fsp3) is 0.250. The third-order valence-electron chi connectivity index (χ3n) is 2.12. The lowest BCUT2D eigenvalue weighted by molar-refractivity contribution is -0.109. The van der Waals surface area contributed by atoms with E-state index in [-0.39, 0.29) is 11.5 Å². The topological polar surface area (TPSA) is 17.1 Å². The van der Waals surface area contributed by atoms with E-state index in [0.29, 0.717) is 5.75 Å². The van der Waals surface area contributed by atoms with Gasteiger partial charge in [0, 0.05) is 12.7 Å². The van der Waals surface area contributed by atoms with E-state index in [4.69, 9.17) is 0 Å². The average molecular weight is 296 g/mol. The van der Waals surface area contributed by atoms with E-state index >= 15 is 0 Å². The Morgan fingerprint density at radius 3 is 1.95 bits per heavy atom. The van der Waals surface area contributed by atoms with Crippen LogP contribution in [0.3, 0.4) is 0 Å². The number of hydrogen-bond donors (Lipinski definition) is 0. The Hall–Kier alpha value is -1.37. The second-order valence-corrected chi connectivity index (χ2v) is 4.79. The van der Waals surface area contributed by atoms with Crippen molar-refractivity contribution >= 4 is 23.0 Å². The molecule has 0 spiro atoms. The number of allylic oxidation sites excluding steroid dienone is 1. The van der Waals surface area contributed by atoms with E-state index in [2.05, 4.69) is 0 Å². The molecule has 0 amide bonds. The Morgan fingerprint density at radius 1 is 1.00 bits per heavy atom. The highest BCUT2D eigenvalue weighted by molar-refractivity contribution is 8.13. The predicted molar refractivity (Wildman–Crippen MR) is 63.0 cm³/mol. The van der Waals surface area contributed by atoms with Gasteiger partial charge in [-0.3, -0.25) is 4.79 Å². The highest BCUT2D eigenvalue weighted by Crippen LogP contribution is 2.24. The molecule has 1 rings (SSSR count). The van der Waals surface area contributed by atoms with Crippen molar-refractivity contribution < 1.29 is 26.7 Å². The molecule has 1 aromatic rings. The molecule has 0 aromatic heterocycles. The van der Waals surface area contributed by atoms with E-state index in [0.717, 1.165) is 17.8 Å². The van der Waals surface area contributed by atoms with Crippen LogP contribution in [0.1, 0.15) is 18.9 Å². The quantitative estimate of drug-likeness (QED) is 0.361. The van der Waals surface area contributed by atoms with Gasteiger partial charge < -0.3 is 0 Å². The summed E-state index contributed by atoms with van der Waals surface area (Å²) in [5, 5.41) is -0.121. The fourth-order valence-corrected chi connectivity index (χ4v) is 1.78. The molecule has 19 heavy (non-hydrogen) atoms. The van der Waals surface area contributed by atoms with E-state index in [1.54, 1.807) is 0 Å². The van der Waals surface area contributed by atoms with Gasteiger partial charge in [-0.05, 0) is 6.42 Å². The Balaban J connectivity index is 2.90. The molecular weight excluding hydrogens is 287 g/mol. The number of benzene rings is 1. The zero-order valence-electron chi connectivity index (χ0n) is 9.78. The number of halogens is 5. The van der Waals surface area contributed by atoms with Crippen LogP contribution in [-0.4, -0.2) is 10.9 Å². The van der Waals surface area contributed by atoms with Crippen molar-refractivity contribution in [2.24, 2.45) is 0 Å². The smallest absolute Gasteiger partial charge is 0.200 e. The average Bonchev–Trinajstić information content (AvgIpc) is 2.37. The van der Waals surface area contributed by atoms with Crippen LogP contribution in [0.2, 0.25) is 0 Å². The predicted octanol–water partition coefficient (Wildman–Crippen LogP) is 4.07. The van der Waals surface area contributed by atoms with Crippen LogP contribution in [0.5, 0.6) is 0 Å². The molecule has 0 atom stereocenters. The van der Waals surface area contributed by atoms with Gasteiger partial charge in [0.05, 0.1) is 5.56 Å². The summed E-state index contributed by atoms with van der Waals surface area (Å²) >= 11 is 0.998.